The van der Waals surface area contributed by atoms with E-state index in [2.05, 4.69) is 58.2 Å². The van der Waals surface area contributed by atoms with Gasteiger partial charge in [-0.25, -0.2) is 19.7 Å². The Morgan fingerprint density at radius 1 is 1.12 bits per heavy atom. The molecule has 2 amide bonds. The summed E-state index contributed by atoms with van der Waals surface area (Å²) in [6, 6.07) is 7.71. The first-order chi connectivity index (χ1) is 18.9. The Bertz CT molecular complexity index is 1340. The molecule has 12 nitrogen and oxygen atoms in total. The van der Waals surface area contributed by atoms with Gasteiger partial charge in [-0.1, -0.05) is 39.8 Å². The Morgan fingerprint density at radius 3 is 2.55 bits per heavy atom. The van der Waals surface area contributed by atoms with Crippen LogP contribution in [0.15, 0.2) is 36.9 Å². The zero-order valence-corrected chi connectivity index (χ0v) is 24.0. The molecule has 40 heavy (non-hydrogen) atoms. The number of anilines is 2. The third-order valence-corrected chi connectivity index (χ3v) is 7.39. The van der Waals surface area contributed by atoms with Crippen LogP contribution in [0.3, 0.4) is 0 Å². The highest BCUT2D eigenvalue weighted by Crippen LogP contribution is 2.44. The highest BCUT2D eigenvalue weighted by atomic mass is 16.8. The first-order valence-corrected chi connectivity index (χ1v) is 13.8. The molecule has 4 N–H and O–H groups in total. The van der Waals surface area contributed by atoms with E-state index in [1.807, 2.05) is 42.7 Å². The summed E-state index contributed by atoms with van der Waals surface area (Å²) in [7, 11) is 0. The summed E-state index contributed by atoms with van der Waals surface area (Å²) in [5.41, 5.74) is 9.14. The van der Waals surface area contributed by atoms with E-state index in [9.17, 15) is 4.79 Å². The van der Waals surface area contributed by atoms with Gasteiger partial charge in [-0.3, -0.25) is 9.47 Å². The van der Waals surface area contributed by atoms with Crippen LogP contribution in [-0.2, 0) is 19.6 Å². The molecule has 2 aliphatic rings. The number of nitrogen functional groups attached to an aromatic ring is 1. The first-order valence-electron chi connectivity index (χ1n) is 13.8. The summed E-state index contributed by atoms with van der Waals surface area (Å²) in [5, 5.41) is 5.86. The number of hydrogen-bond donors (Lipinski definition) is 3. The van der Waals surface area contributed by atoms with E-state index in [-0.39, 0.29) is 29.8 Å². The van der Waals surface area contributed by atoms with Crippen molar-refractivity contribution in [2.24, 2.45) is 0 Å². The molecular formula is C28H40N8O4. The normalized spacial score (nSPS) is 24.0. The number of nitrogens with two attached hydrogens (primary N) is 1. The first kappa shape index (κ1) is 28.2. The maximum Gasteiger partial charge on any atom is 0.319 e. The van der Waals surface area contributed by atoms with Gasteiger partial charge in [-0.2, -0.15) is 0 Å². The lowest BCUT2D eigenvalue weighted by molar-refractivity contribution is -0.197. The minimum absolute atomic E-state index is 0.0633. The van der Waals surface area contributed by atoms with Crippen molar-refractivity contribution >= 4 is 28.7 Å². The highest BCUT2D eigenvalue weighted by molar-refractivity contribution is 5.89. The van der Waals surface area contributed by atoms with Gasteiger partial charge in [-0.05, 0) is 43.5 Å². The molecule has 216 valence electrons. The minimum atomic E-state index is -0.748. The fourth-order valence-corrected chi connectivity index (χ4v) is 5.28. The van der Waals surface area contributed by atoms with Crippen LogP contribution in [0.1, 0.15) is 53.3 Å². The molecule has 3 aromatic rings. The maximum atomic E-state index is 12.5. The Kier molecular flexibility index (Phi) is 7.71. The Morgan fingerprint density at radius 2 is 1.85 bits per heavy atom. The lowest BCUT2D eigenvalue weighted by atomic mass is 9.87. The molecule has 0 bridgehead atoms. The van der Waals surface area contributed by atoms with Crippen molar-refractivity contribution in [2.75, 3.05) is 37.2 Å². The standard InChI is InChI=1S/C28H40N8O4/c1-7-35(13-12-30-26(37)34-18-10-8-17(9-11-18)27(2,3)4)14-19-21-22(40-28(5,6)39-21)25(38-19)36-16-33-20-23(29)31-15-32-24(20)36/h8-11,15-16,19,21-22,25H,7,12-14H2,1-6H3,(H2,29,31,32)(H2,30,34,37)/t19-,21-,22-,25-/m1/s1. The summed E-state index contributed by atoms with van der Waals surface area (Å²) < 4.78 is 20.9. The van der Waals surface area contributed by atoms with E-state index in [1.165, 1.54) is 11.9 Å². The van der Waals surface area contributed by atoms with Crippen LogP contribution in [0, 0.1) is 0 Å². The quantitative estimate of drug-likeness (QED) is 0.384. The second-order valence-electron chi connectivity index (χ2n) is 11.8. The van der Waals surface area contributed by atoms with Gasteiger partial charge in [0.15, 0.2) is 23.5 Å². The third-order valence-electron chi connectivity index (χ3n) is 7.39. The topological polar surface area (TPSA) is 142 Å². The zero-order chi connectivity index (χ0) is 28.7. The summed E-state index contributed by atoms with van der Waals surface area (Å²) in [4.78, 5) is 27.5. The molecule has 12 heteroatoms. The highest BCUT2D eigenvalue weighted by Gasteiger charge is 2.56. The molecule has 5 rings (SSSR count). The summed E-state index contributed by atoms with van der Waals surface area (Å²) in [6.07, 6.45) is 1.70. The Hall–Kier alpha value is -3.32. The van der Waals surface area contributed by atoms with E-state index < -0.39 is 12.0 Å². The van der Waals surface area contributed by atoms with Crippen LogP contribution in [0.4, 0.5) is 16.3 Å². The van der Waals surface area contributed by atoms with Crippen molar-refractivity contribution in [3.05, 3.63) is 42.5 Å². The second-order valence-corrected chi connectivity index (χ2v) is 11.8. The number of urea groups is 1. The number of likely N-dealkylation sites (N-methyl/N-ethyl adjacent to an activating group) is 1. The SMILES string of the molecule is CCN(CCNC(=O)Nc1ccc(C(C)(C)C)cc1)C[C@H]1O[C@@H](n2cnc3c(N)ncnc32)[C@@H]2OC(C)(C)O[C@@H]21. The molecular weight excluding hydrogens is 512 g/mol. The number of carbonyl (C=O) groups is 1. The van der Waals surface area contributed by atoms with E-state index in [4.69, 9.17) is 19.9 Å². The molecule has 0 aliphatic carbocycles. The Labute approximate surface area is 234 Å². The third kappa shape index (κ3) is 5.90. The molecule has 4 heterocycles. The smallest absolute Gasteiger partial charge is 0.319 e. The van der Waals surface area contributed by atoms with Crippen LogP contribution in [0.25, 0.3) is 11.2 Å². The Balaban J connectivity index is 1.19. The number of nitrogens with zero attached hydrogens (tertiary/aromatic N) is 5. The van der Waals surface area contributed by atoms with Crippen molar-refractivity contribution in [2.45, 2.75) is 77.3 Å². The fraction of sp³-hybridized carbons (Fsp3) is 0.571. The van der Waals surface area contributed by atoms with Crippen molar-refractivity contribution in [1.29, 1.82) is 0 Å². The van der Waals surface area contributed by atoms with Crippen molar-refractivity contribution < 1.29 is 19.0 Å². The van der Waals surface area contributed by atoms with Crippen molar-refractivity contribution in [1.82, 2.24) is 29.7 Å². The number of rotatable bonds is 8. The number of amides is 2. The molecule has 0 spiro atoms. The van der Waals surface area contributed by atoms with Crippen LogP contribution in [-0.4, -0.2) is 80.7 Å². The molecule has 0 unspecified atom stereocenters. The zero-order valence-electron chi connectivity index (χ0n) is 24.0. The van der Waals surface area contributed by atoms with E-state index in [1.54, 1.807) is 6.33 Å². The van der Waals surface area contributed by atoms with Gasteiger partial charge in [0.05, 0.1) is 6.33 Å². The molecule has 0 radical (unpaired) electrons. The van der Waals surface area contributed by atoms with Gasteiger partial charge < -0.3 is 30.6 Å². The van der Waals surface area contributed by atoms with Crippen molar-refractivity contribution in [3.63, 3.8) is 0 Å². The van der Waals surface area contributed by atoms with Gasteiger partial charge in [0.25, 0.3) is 0 Å². The van der Waals surface area contributed by atoms with E-state index >= 15 is 0 Å². The summed E-state index contributed by atoms with van der Waals surface area (Å²) >= 11 is 0. The van der Waals surface area contributed by atoms with E-state index in [0.717, 1.165) is 12.2 Å². The van der Waals surface area contributed by atoms with Crippen molar-refractivity contribution in [3.8, 4) is 0 Å². The van der Waals surface area contributed by atoms with Crippen LogP contribution >= 0.6 is 0 Å². The second kappa shape index (κ2) is 10.9. The lowest BCUT2D eigenvalue weighted by Crippen LogP contribution is -2.43. The number of aromatic nitrogens is 4. The van der Waals surface area contributed by atoms with Gasteiger partial charge in [-0.15, -0.1) is 0 Å². The molecule has 1 aromatic carbocycles. The van der Waals surface area contributed by atoms with Gasteiger partial charge in [0.1, 0.15) is 30.2 Å². The fourth-order valence-electron chi connectivity index (χ4n) is 5.28. The summed E-state index contributed by atoms with van der Waals surface area (Å²) in [6.45, 7) is 14.9. The van der Waals surface area contributed by atoms with E-state index in [0.29, 0.717) is 36.6 Å². The molecule has 4 atom stereocenters. The molecule has 2 saturated heterocycles. The molecule has 0 saturated carbocycles. The monoisotopic (exact) mass is 552 g/mol. The number of nitrogens with one attached hydrogen (secondary N) is 2. The largest absolute Gasteiger partial charge is 0.382 e. The molecule has 2 fully saturated rings. The number of fused-ring (bicyclic) bond motifs is 2. The maximum absolute atomic E-state index is 12.5. The van der Waals surface area contributed by atoms with Crippen LogP contribution < -0.4 is 16.4 Å². The average Bonchev–Trinajstić information content (AvgIpc) is 3.55. The number of ether oxygens (including phenoxy) is 3. The van der Waals surface area contributed by atoms with Crippen LogP contribution in [0.2, 0.25) is 0 Å². The average molecular weight is 553 g/mol. The van der Waals surface area contributed by atoms with Crippen LogP contribution in [0.5, 0.6) is 0 Å². The molecule has 2 aliphatic heterocycles. The van der Waals surface area contributed by atoms with Gasteiger partial charge in [0.2, 0.25) is 0 Å². The van der Waals surface area contributed by atoms with Gasteiger partial charge in [0, 0.05) is 25.3 Å². The minimum Gasteiger partial charge on any atom is -0.382 e. The number of carbonyl (C=O) groups excluding carboxylic acids is 1. The predicted octanol–water partition coefficient (Wildman–Crippen LogP) is 3.27. The van der Waals surface area contributed by atoms with Gasteiger partial charge >= 0.3 is 6.03 Å². The lowest BCUT2D eigenvalue weighted by Gasteiger charge is -2.28. The number of hydrogen-bond acceptors (Lipinski definition) is 9. The number of imidazole rings is 1. The summed E-state index contributed by atoms with van der Waals surface area (Å²) in [5.74, 6) is -0.434. The molecule has 2 aromatic heterocycles. The predicted molar refractivity (Wildman–Crippen MR) is 152 cm³/mol. The number of benzene rings is 1.